The Bertz CT molecular complexity index is 1170. The Morgan fingerprint density at radius 1 is 1.37 bits per heavy atom. The van der Waals surface area contributed by atoms with Gasteiger partial charge in [0.15, 0.2) is 6.61 Å². The molecule has 27 heavy (non-hydrogen) atoms. The Morgan fingerprint density at radius 3 is 3.00 bits per heavy atom. The lowest BCUT2D eigenvalue weighted by Gasteiger charge is -2.05. The standard InChI is InChI=1S/C17H14N4O4S2/c1-9-10(2)27-16-14(9)17(23)21(8-18-16)6-13(22)24-7-12-19-15(20-25-12)11-4-3-5-26-11/h3-5,8H,6-7H2,1-2H3. The average molecular weight is 402 g/mol. The van der Waals surface area contributed by atoms with Crippen LogP contribution in [-0.2, 0) is 22.7 Å². The van der Waals surface area contributed by atoms with E-state index < -0.39 is 5.97 Å². The highest BCUT2D eigenvalue weighted by atomic mass is 32.1. The van der Waals surface area contributed by atoms with Gasteiger partial charge in [-0.15, -0.1) is 22.7 Å². The quantitative estimate of drug-likeness (QED) is 0.473. The van der Waals surface area contributed by atoms with Crippen molar-refractivity contribution in [1.29, 1.82) is 0 Å². The maximum absolute atomic E-state index is 12.6. The molecule has 0 fully saturated rings. The van der Waals surface area contributed by atoms with E-state index >= 15 is 0 Å². The van der Waals surface area contributed by atoms with Gasteiger partial charge in [-0.25, -0.2) is 4.98 Å². The van der Waals surface area contributed by atoms with E-state index in [1.165, 1.54) is 33.6 Å². The van der Waals surface area contributed by atoms with Gasteiger partial charge in [-0.1, -0.05) is 11.2 Å². The number of ether oxygens (including phenoxy) is 1. The molecule has 0 aliphatic carbocycles. The minimum Gasteiger partial charge on any atom is -0.454 e. The Labute approximate surface area is 161 Å². The Morgan fingerprint density at radius 2 is 2.22 bits per heavy atom. The summed E-state index contributed by atoms with van der Waals surface area (Å²) in [5.41, 5.74) is 0.638. The van der Waals surface area contributed by atoms with Crippen LogP contribution in [0.4, 0.5) is 0 Å². The van der Waals surface area contributed by atoms with Crippen molar-refractivity contribution in [2.75, 3.05) is 0 Å². The number of aryl methyl sites for hydroxylation is 2. The number of hydrogen-bond donors (Lipinski definition) is 0. The van der Waals surface area contributed by atoms with Crippen molar-refractivity contribution in [3.8, 4) is 10.7 Å². The second-order valence-corrected chi connectivity index (χ2v) is 7.94. The van der Waals surface area contributed by atoms with Crippen LogP contribution in [0.5, 0.6) is 0 Å². The lowest BCUT2D eigenvalue weighted by Crippen LogP contribution is -2.25. The number of carbonyl (C=O) groups is 1. The molecular formula is C17H14N4O4S2. The first-order chi connectivity index (χ1) is 13.0. The first-order valence-electron chi connectivity index (χ1n) is 8.00. The van der Waals surface area contributed by atoms with Crippen LogP contribution < -0.4 is 5.56 Å². The fourth-order valence-corrected chi connectivity index (χ4v) is 4.17. The van der Waals surface area contributed by atoms with Crippen molar-refractivity contribution in [2.24, 2.45) is 0 Å². The van der Waals surface area contributed by atoms with Gasteiger partial charge in [-0.3, -0.25) is 14.2 Å². The summed E-state index contributed by atoms with van der Waals surface area (Å²) in [6.45, 7) is 3.43. The molecule has 0 aliphatic rings. The molecule has 8 nitrogen and oxygen atoms in total. The summed E-state index contributed by atoms with van der Waals surface area (Å²) in [7, 11) is 0. The van der Waals surface area contributed by atoms with E-state index in [1.54, 1.807) is 0 Å². The van der Waals surface area contributed by atoms with E-state index in [0.717, 1.165) is 15.3 Å². The minimum absolute atomic E-state index is 0.155. The first kappa shape index (κ1) is 17.6. The van der Waals surface area contributed by atoms with Crippen LogP contribution in [0.2, 0.25) is 0 Å². The third kappa shape index (κ3) is 3.40. The number of hydrogen-bond acceptors (Lipinski definition) is 9. The van der Waals surface area contributed by atoms with Gasteiger partial charge in [0.25, 0.3) is 11.4 Å². The van der Waals surface area contributed by atoms with Crippen LogP contribution in [-0.4, -0.2) is 25.7 Å². The third-order valence-corrected chi connectivity index (χ3v) is 6.00. The SMILES string of the molecule is Cc1sc2ncn(CC(=O)OCc3nc(-c4cccs4)no3)c(=O)c2c1C. The van der Waals surface area contributed by atoms with Crippen LogP contribution in [0.3, 0.4) is 0 Å². The lowest BCUT2D eigenvalue weighted by molar-refractivity contribution is -0.146. The monoisotopic (exact) mass is 402 g/mol. The predicted octanol–water partition coefficient (Wildman–Crippen LogP) is 2.93. The summed E-state index contributed by atoms with van der Waals surface area (Å²) >= 11 is 2.95. The lowest BCUT2D eigenvalue weighted by atomic mass is 10.2. The molecule has 0 bridgehead atoms. The normalized spacial score (nSPS) is 11.2. The highest BCUT2D eigenvalue weighted by Crippen LogP contribution is 2.25. The number of esters is 1. The maximum atomic E-state index is 12.6. The van der Waals surface area contributed by atoms with Crippen LogP contribution in [0.25, 0.3) is 20.9 Å². The second kappa shape index (κ2) is 7.05. The van der Waals surface area contributed by atoms with Gasteiger partial charge in [0.2, 0.25) is 5.82 Å². The van der Waals surface area contributed by atoms with E-state index in [0.29, 0.717) is 16.0 Å². The van der Waals surface area contributed by atoms with Gasteiger partial charge in [0, 0.05) is 4.88 Å². The summed E-state index contributed by atoms with van der Waals surface area (Å²) in [6.07, 6.45) is 1.36. The molecule has 0 aromatic carbocycles. The molecule has 0 amide bonds. The largest absolute Gasteiger partial charge is 0.454 e. The molecule has 0 atom stereocenters. The van der Waals surface area contributed by atoms with E-state index in [2.05, 4.69) is 15.1 Å². The topological polar surface area (TPSA) is 100 Å². The maximum Gasteiger partial charge on any atom is 0.326 e. The molecule has 138 valence electrons. The van der Waals surface area contributed by atoms with Gasteiger partial charge >= 0.3 is 5.97 Å². The molecule has 4 heterocycles. The second-order valence-electron chi connectivity index (χ2n) is 5.79. The number of thiophene rings is 2. The van der Waals surface area contributed by atoms with Crippen molar-refractivity contribution < 1.29 is 14.1 Å². The zero-order chi connectivity index (χ0) is 19.0. The summed E-state index contributed by atoms with van der Waals surface area (Å²) in [6, 6.07) is 3.75. The summed E-state index contributed by atoms with van der Waals surface area (Å²) in [5, 5.41) is 6.30. The highest BCUT2D eigenvalue weighted by molar-refractivity contribution is 7.18. The molecule has 0 aliphatic heterocycles. The number of carbonyl (C=O) groups excluding carboxylic acids is 1. The molecule has 0 saturated carbocycles. The molecule has 4 aromatic rings. The van der Waals surface area contributed by atoms with Gasteiger partial charge < -0.3 is 9.26 Å². The van der Waals surface area contributed by atoms with E-state index in [4.69, 9.17) is 9.26 Å². The van der Waals surface area contributed by atoms with Gasteiger partial charge in [-0.2, -0.15) is 4.98 Å². The van der Waals surface area contributed by atoms with Gasteiger partial charge in [-0.05, 0) is 30.9 Å². The van der Waals surface area contributed by atoms with Crippen LogP contribution in [0, 0.1) is 13.8 Å². The minimum atomic E-state index is -0.585. The third-order valence-electron chi connectivity index (χ3n) is 4.02. The van der Waals surface area contributed by atoms with Gasteiger partial charge in [0.1, 0.15) is 11.4 Å². The van der Waals surface area contributed by atoms with E-state index in [9.17, 15) is 9.59 Å². The van der Waals surface area contributed by atoms with Crippen molar-refractivity contribution >= 4 is 38.9 Å². The fraction of sp³-hybridized carbons (Fsp3) is 0.235. The molecule has 0 spiro atoms. The zero-order valence-corrected chi connectivity index (χ0v) is 16.1. The average Bonchev–Trinajstić information content (AvgIpc) is 3.37. The van der Waals surface area contributed by atoms with Crippen molar-refractivity contribution in [3.63, 3.8) is 0 Å². The summed E-state index contributed by atoms with van der Waals surface area (Å²) < 4.78 is 11.5. The highest BCUT2D eigenvalue weighted by Gasteiger charge is 2.15. The fourth-order valence-electron chi connectivity index (χ4n) is 2.53. The van der Waals surface area contributed by atoms with Crippen molar-refractivity contribution in [1.82, 2.24) is 19.7 Å². The molecule has 0 radical (unpaired) electrons. The number of aromatic nitrogens is 4. The first-order valence-corrected chi connectivity index (χ1v) is 9.70. The smallest absolute Gasteiger partial charge is 0.326 e. The van der Waals surface area contributed by atoms with Crippen LogP contribution >= 0.6 is 22.7 Å². The molecule has 0 saturated heterocycles. The molecular weight excluding hydrogens is 388 g/mol. The number of nitrogens with zero attached hydrogens (tertiary/aromatic N) is 4. The number of fused-ring (bicyclic) bond motifs is 1. The predicted molar refractivity (Wildman–Crippen MR) is 101 cm³/mol. The van der Waals surface area contributed by atoms with E-state index in [-0.39, 0.29) is 24.6 Å². The molecule has 4 aromatic heterocycles. The Balaban J connectivity index is 1.44. The Kier molecular flexibility index (Phi) is 4.58. The summed E-state index contributed by atoms with van der Waals surface area (Å²) in [5.74, 6) is 0.0564. The molecule has 0 N–H and O–H groups in total. The summed E-state index contributed by atoms with van der Waals surface area (Å²) in [4.78, 5) is 35.7. The number of rotatable bonds is 5. The van der Waals surface area contributed by atoms with Crippen molar-refractivity contribution in [3.05, 3.63) is 50.5 Å². The van der Waals surface area contributed by atoms with E-state index in [1.807, 2.05) is 31.4 Å². The molecule has 4 rings (SSSR count). The Hall–Kier alpha value is -2.85. The van der Waals surface area contributed by atoms with Gasteiger partial charge in [0.05, 0.1) is 16.6 Å². The molecule has 10 heteroatoms. The van der Waals surface area contributed by atoms with Crippen molar-refractivity contribution in [2.45, 2.75) is 27.0 Å². The van der Waals surface area contributed by atoms with Crippen LogP contribution in [0.15, 0.2) is 33.2 Å². The van der Waals surface area contributed by atoms with Crippen LogP contribution in [0.1, 0.15) is 16.3 Å². The zero-order valence-electron chi connectivity index (χ0n) is 14.5. The molecule has 0 unspecified atom stereocenters.